The van der Waals surface area contributed by atoms with Gasteiger partial charge in [-0.15, -0.1) is 11.3 Å². The number of halogens is 2. The predicted octanol–water partition coefficient (Wildman–Crippen LogP) is 4.60. The molecule has 3 aromatic rings. The van der Waals surface area contributed by atoms with E-state index in [1.165, 1.54) is 22.3 Å². The average molecular weight is 349 g/mol. The third kappa shape index (κ3) is 3.16. The fraction of sp³-hybridized carbons (Fsp3) is 0.118. The summed E-state index contributed by atoms with van der Waals surface area (Å²) in [6.45, 7) is 0.118. The van der Waals surface area contributed by atoms with Gasteiger partial charge in [0.2, 0.25) is 0 Å². The molecule has 0 unspecified atom stereocenters. The first kappa shape index (κ1) is 15.8. The Morgan fingerprint density at radius 1 is 1.26 bits per heavy atom. The topological polar surface area (TPSA) is 25.2 Å². The SMILES string of the molecule is CN(Cc1c(F)cccc1Cl)C(=O)c1sccc1-n1cccc1. The number of carbonyl (C=O) groups excluding carboxylic acids is 1. The average Bonchev–Trinajstić information content (AvgIpc) is 3.20. The molecule has 3 nitrogen and oxygen atoms in total. The highest BCUT2D eigenvalue weighted by atomic mass is 35.5. The number of thiophene rings is 1. The number of rotatable bonds is 4. The van der Waals surface area contributed by atoms with Gasteiger partial charge < -0.3 is 9.47 Å². The summed E-state index contributed by atoms with van der Waals surface area (Å²) in [6.07, 6.45) is 3.76. The first-order valence-electron chi connectivity index (χ1n) is 6.97. The van der Waals surface area contributed by atoms with E-state index in [0.717, 1.165) is 5.69 Å². The highest BCUT2D eigenvalue weighted by molar-refractivity contribution is 7.12. The maximum absolute atomic E-state index is 13.9. The normalized spacial score (nSPS) is 10.7. The summed E-state index contributed by atoms with van der Waals surface area (Å²) in [5.74, 6) is -0.572. The Hall–Kier alpha value is -2.11. The number of hydrogen-bond acceptors (Lipinski definition) is 2. The summed E-state index contributed by atoms with van der Waals surface area (Å²) in [5.41, 5.74) is 1.14. The molecule has 0 aliphatic carbocycles. The lowest BCUT2D eigenvalue weighted by Crippen LogP contribution is -2.26. The minimum Gasteiger partial charge on any atom is -0.336 e. The Morgan fingerprint density at radius 2 is 2.00 bits per heavy atom. The fourth-order valence-electron chi connectivity index (χ4n) is 2.33. The van der Waals surface area contributed by atoms with E-state index in [2.05, 4.69) is 0 Å². The van der Waals surface area contributed by atoms with Gasteiger partial charge >= 0.3 is 0 Å². The van der Waals surface area contributed by atoms with Gasteiger partial charge in [-0.3, -0.25) is 4.79 Å². The van der Waals surface area contributed by atoms with Gasteiger partial charge in [-0.05, 0) is 35.7 Å². The summed E-state index contributed by atoms with van der Waals surface area (Å²) in [7, 11) is 1.64. The Bertz CT molecular complexity index is 809. The van der Waals surface area contributed by atoms with Crippen molar-refractivity contribution >= 4 is 28.8 Å². The maximum atomic E-state index is 13.9. The van der Waals surface area contributed by atoms with Crippen molar-refractivity contribution in [3.05, 3.63) is 75.5 Å². The molecule has 0 N–H and O–H groups in total. The number of carbonyl (C=O) groups is 1. The minimum atomic E-state index is -0.408. The van der Waals surface area contributed by atoms with Crippen LogP contribution in [0.4, 0.5) is 4.39 Å². The predicted molar refractivity (Wildman–Crippen MR) is 90.9 cm³/mol. The van der Waals surface area contributed by atoms with Gasteiger partial charge in [0.15, 0.2) is 0 Å². The van der Waals surface area contributed by atoms with Gasteiger partial charge in [0.1, 0.15) is 10.7 Å². The lowest BCUT2D eigenvalue weighted by atomic mass is 10.2. The van der Waals surface area contributed by atoms with E-state index < -0.39 is 5.82 Å². The molecule has 0 radical (unpaired) electrons. The maximum Gasteiger partial charge on any atom is 0.266 e. The zero-order valence-corrected chi connectivity index (χ0v) is 13.9. The smallest absolute Gasteiger partial charge is 0.266 e. The molecule has 0 bridgehead atoms. The van der Waals surface area contributed by atoms with Crippen LogP contribution in [0.15, 0.2) is 54.2 Å². The van der Waals surface area contributed by atoms with E-state index in [1.54, 1.807) is 19.2 Å². The van der Waals surface area contributed by atoms with Crippen LogP contribution in [0.25, 0.3) is 5.69 Å². The largest absolute Gasteiger partial charge is 0.336 e. The van der Waals surface area contributed by atoms with Crippen molar-refractivity contribution in [2.75, 3.05) is 7.05 Å². The van der Waals surface area contributed by atoms with Gasteiger partial charge in [0.25, 0.3) is 5.91 Å². The summed E-state index contributed by atoms with van der Waals surface area (Å²) in [5, 5.41) is 2.19. The van der Waals surface area contributed by atoms with Crippen molar-refractivity contribution in [1.82, 2.24) is 9.47 Å². The molecule has 0 fully saturated rings. The van der Waals surface area contributed by atoms with Crippen molar-refractivity contribution in [1.29, 1.82) is 0 Å². The van der Waals surface area contributed by atoms with E-state index in [0.29, 0.717) is 15.5 Å². The van der Waals surface area contributed by atoms with Crippen LogP contribution in [0.2, 0.25) is 5.02 Å². The lowest BCUT2D eigenvalue weighted by Gasteiger charge is -2.18. The lowest BCUT2D eigenvalue weighted by molar-refractivity contribution is 0.0788. The highest BCUT2D eigenvalue weighted by Gasteiger charge is 2.20. The zero-order valence-electron chi connectivity index (χ0n) is 12.4. The Kier molecular flexibility index (Phi) is 4.50. The molecule has 0 aliphatic heterocycles. The van der Waals surface area contributed by atoms with Crippen LogP contribution >= 0.6 is 22.9 Å². The first-order chi connectivity index (χ1) is 11.1. The van der Waals surface area contributed by atoms with Crippen LogP contribution in [-0.2, 0) is 6.54 Å². The third-order valence-corrected chi connectivity index (χ3v) is 4.77. The van der Waals surface area contributed by atoms with E-state index in [9.17, 15) is 9.18 Å². The van der Waals surface area contributed by atoms with E-state index >= 15 is 0 Å². The molecule has 0 spiro atoms. The van der Waals surface area contributed by atoms with Crippen molar-refractivity contribution in [2.24, 2.45) is 0 Å². The Labute approximate surface area is 142 Å². The highest BCUT2D eigenvalue weighted by Crippen LogP contribution is 2.25. The molecule has 0 saturated carbocycles. The molecular formula is C17H14ClFN2OS. The van der Waals surface area contributed by atoms with Crippen LogP contribution in [0.3, 0.4) is 0 Å². The van der Waals surface area contributed by atoms with Crippen molar-refractivity contribution in [3.8, 4) is 5.69 Å². The first-order valence-corrected chi connectivity index (χ1v) is 8.23. The van der Waals surface area contributed by atoms with Gasteiger partial charge in [-0.1, -0.05) is 17.7 Å². The number of hydrogen-bond donors (Lipinski definition) is 0. The number of amides is 1. The van der Waals surface area contributed by atoms with Crippen LogP contribution in [0.5, 0.6) is 0 Å². The molecule has 0 saturated heterocycles. The fourth-order valence-corrected chi connectivity index (χ4v) is 3.43. The van der Waals surface area contributed by atoms with Gasteiger partial charge in [0.05, 0.1) is 12.2 Å². The number of benzene rings is 1. The van der Waals surface area contributed by atoms with Crippen molar-refractivity contribution in [2.45, 2.75) is 6.54 Å². The van der Waals surface area contributed by atoms with Crippen LogP contribution < -0.4 is 0 Å². The van der Waals surface area contributed by atoms with Gasteiger partial charge in [0, 0.05) is 30.0 Å². The standard InChI is InChI=1S/C17H14ClFN2OS/c1-20(11-12-13(18)5-4-6-14(12)19)17(22)16-15(7-10-23-16)21-8-2-3-9-21/h2-10H,11H2,1H3. The summed E-state index contributed by atoms with van der Waals surface area (Å²) >= 11 is 7.40. The molecule has 2 aromatic heterocycles. The van der Waals surface area contributed by atoms with E-state index in [1.807, 2.05) is 40.5 Å². The quantitative estimate of drug-likeness (QED) is 0.676. The van der Waals surface area contributed by atoms with Crippen LogP contribution in [-0.4, -0.2) is 22.4 Å². The van der Waals surface area contributed by atoms with Gasteiger partial charge in [-0.25, -0.2) is 4.39 Å². The molecular weight excluding hydrogens is 335 g/mol. The second-order valence-corrected chi connectivity index (χ2v) is 6.41. The third-order valence-electron chi connectivity index (χ3n) is 3.52. The molecule has 23 heavy (non-hydrogen) atoms. The molecule has 1 amide bonds. The summed E-state index contributed by atoms with van der Waals surface area (Å²) in [6, 6.07) is 10.2. The molecule has 3 rings (SSSR count). The van der Waals surface area contributed by atoms with E-state index in [4.69, 9.17) is 11.6 Å². The Balaban J connectivity index is 1.85. The summed E-state index contributed by atoms with van der Waals surface area (Å²) in [4.78, 5) is 14.8. The molecule has 6 heteroatoms. The zero-order chi connectivity index (χ0) is 16.4. The van der Waals surface area contributed by atoms with Crippen LogP contribution in [0, 0.1) is 5.82 Å². The molecule has 1 aromatic carbocycles. The second-order valence-electron chi connectivity index (χ2n) is 5.09. The van der Waals surface area contributed by atoms with Gasteiger partial charge in [-0.2, -0.15) is 0 Å². The monoisotopic (exact) mass is 348 g/mol. The minimum absolute atomic E-state index is 0.118. The molecule has 2 heterocycles. The number of nitrogens with zero attached hydrogens (tertiary/aromatic N) is 2. The van der Waals surface area contributed by atoms with Crippen molar-refractivity contribution in [3.63, 3.8) is 0 Å². The Morgan fingerprint density at radius 3 is 2.70 bits per heavy atom. The molecule has 0 atom stereocenters. The van der Waals surface area contributed by atoms with Crippen LogP contribution in [0.1, 0.15) is 15.2 Å². The second kappa shape index (κ2) is 6.56. The number of aromatic nitrogens is 1. The molecule has 0 aliphatic rings. The molecule has 118 valence electrons. The van der Waals surface area contributed by atoms with Crippen molar-refractivity contribution < 1.29 is 9.18 Å². The summed E-state index contributed by atoms with van der Waals surface area (Å²) < 4.78 is 15.8. The van der Waals surface area contributed by atoms with E-state index in [-0.39, 0.29) is 12.5 Å².